The highest BCUT2D eigenvalue weighted by atomic mass is 32.3. The van der Waals surface area contributed by atoms with Gasteiger partial charge >= 0.3 is 10.4 Å². The Morgan fingerprint density at radius 2 is 0.573 bits per heavy atom. The Morgan fingerprint density at radius 3 is 0.775 bits per heavy atom. The summed E-state index contributed by atoms with van der Waals surface area (Å²) in [5.41, 5.74) is 9.16. The minimum Gasteiger partial charge on any atom is -0.504 e. The number of nitrogens with zero attached hydrogens (tertiary/aromatic N) is 4. The Balaban J connectivity index is 0.0000000929. The number of aromatic hydroxyl groups is 4. The summed E-state index contributed by atoms with van der Waals surface area (Å²) in [7, 11) is 4.09. The van der Waals surface area contributed by atoms with Crippen molar-refractivity contribution in [2.75, 3.05) is 54.4 Å². The predicted octanol–water partition coefficient (Wildman–Crippen LogP) is 4.14. The highest BCUT2D eigenvalue weighted by molar-refractivity contribution is 7.79. The molecule has 0 aromatic heterocycles. The van der Waals surface area contributed by atoms with Gasteiger partial charge in [-0.2, -0.15) is 8.42 Å². The Morgan fingerprint density at radius 1 is 0.371 bits per heavy atom. The molecule has 8 bridgehead atoms. The number of phenols is 4. The van der Waals surface area contributed by atoms with Crippen molar-refractivity contribution in [3.05, 3.63) is 142 Å². The van der Waals surface area contributed by atoms with Gasteiger partial charge in [-0.05, 0) is 152 Å². The van der Waals surface area contributed by atoms with Crippen LogP contribution in [0.2, 0.25) is 0 Å². The van der Waals surface area contributed by atoms with Gasteiger partial charge in [-0.15, -0.1) is 0 Å². The molecule has 8 aliphatic heterocycles. The molecular weight excluding hydrogens is 1160 g/mol. The zero-order chi connectivity index (χ0) is 61.9. The van der Waals surface area contributed by atoms with Crippen molar-refractivity contribution in [2.24, 2.45) is 23.7 Å². The minimum atomic E-state index is -4.67. The number of likely N-dealkylation sites (tertiary alicyclic amines) is 4. The predicted molar refractivity (Wildman–Crippen MR) is 324 cm³/mol. The molecule has 89 heavy (non-hydrogen) atoms. The first-order valence-electron chi connectivity index (χ1n) is 31.6. The van der Waals surface area contributed by atoms with Crippen LogP contribution in [0, 0.1) is 23.7 Å². The lowest BCUT2D eigenvalue weighted by Crippen LogP contribution is -2.64. The number of ether oxygens (including phenoxy) is 4. The van der Waals surface area contributed by atoms with Crippen LogP contribution in [0.1, 0.15) is 70.2 Å². The lowest BCUT2D eigenvalue weighted by molar-refractivity contribution is -0.0453. The normalized spacial score (nSPS) is 40.8. The second-order valence-electron chi connectivity index (χ2n) is 28.2. The monoisotopic (exact) mass is 1240 g/mol. The molecule has 8 aliphatic carbocycles. The fourth-order valence-corrected chi connectivity index (χ4v) is 21.0. The molecule has 4 spiro atoms. The lowest BCUT2D eigenvalue weighted by Gasteiger charge is -2.56. The molecule has 0 radical (unpaired) electrons. The SMILES string of the molecule is CN1CC[C@]23c4c5ccc(O)c4O[C@H]2[C@@H](O)C=C[C@H]3[C@H]1C5.CN1CC[C@]23c4c5ccc(O)c4O[C@H]2[C@@H](O)C=C[C@H]3[C@H]1C5.CN1CC[C@]23c4c5ccc(O)c4O[C@H]2[C@@H](O)C=C[C@H]3[C@H]1C5.CN1CC[C@]23c4c5ccc(O)c4O[C@H]2[C@@H](O)C=C[C@H]3[C@H]1C5.O=S(=O)(O)O. The number of hydrogen-bond acceptors (Lipinski definition) is 18. The van der Waals surface area contributed by atoms with Crippen molar-refractivity contribution in [1.29, 1.82) is 0 Å². The van der Waals surface area contributed by atoms with E-state index in [1.54, 1.807) is 24.3 Å². The summed E-state index contributed by atoms with van der Waals surface area (Å²) in [6.07, 6.45) is 20.7. The van der Waals surface area contributed by atoms with E-state index in [0.29, 0.717) is 70.8 Å². The van der Waals surface area contributed by atoms with E-state index in [2.05, 4.69) is 72.1 Å². The minimum absolute atomic E-state index is 0.160. The average molecular weight is 1240 g/mol. The number of likely N-dealkylation sites (N-methyl/N-ethyl adjacent to an activating group) is 4. The van der Waals surface area contributed by atoms with E-state index in [1.807, 2.05) is 48.6 Å². The average Bonchev–Trinajstić information content (AvgIpc) is 1.64. The van der Waals surface area contributed by atoms with Gasteiger partial charge < -0.3 is 79.4 Å². The molecule has 4 fully saturated rings. The van der Waals surface area contributed by atoms with Crippen LogP contribution < -0.4 is 18.9 Å². The van der Waals surface area contributed by atoms with Crippen molar-refractivity contribution in [1.82, 2.24) is 19.6 Å². The van der Waals surface area contributed by atoms with Crippen molar-refractivity contribution in [3.63, 3.8) is 0 Å². The number of aliphatic hydroxyl groups excluding tert-OH is 4. The van der Waals surface area contributed by atoms with Gasteiger partial charge in [-0.25, -0.2) is 0 Å². The number of hydrogen-bond donors (Lipinski definition) is 10. The van der Waals surface area contributed by atoms with Crippen LogP contribution in [-0.2, 0) is 57.7 Å². The van der Waals surface area contributed by atoms with Crippen molar-refractivity contribution in [3.8, 4) is 46.0 Å². The molecule has 21 heteroatoms. The molecule has 0 unspecified atom stereocenters. The Labute approximate surface area is 516 Å². The van der Waals surface area contributed by atoms with Crippen LogP contribution in [0.4, 0.5) is 0 Å². The van der Waals surface area contributed by atoms with Gasteiger partial charge in [0.1, 0.15) is 48.8 Å². The van der Waals surface area contributed by atoms with Crippen LogP contribution in [0.5, 0.6) is 46.0 Å². The van der Waals surface area contributed by atoms with Crippen molar-refractivity contribution in [2.45, 2.75) is 146 Å². The summed E-state index contributed by atoms with van der Waals surface area (Å²) in [6.45, 7) is 4.04. The van der Waals surface area contributed by atoms with Crippen LogP contribution in [0.25, 0.3) is 0 Å². The van der Waals surface area contributed by atoms with E-state index in [9.17, 15) is 40.9 Å². The molecule has 16 aliphatic rings. The highest BCUT2D eigenvalue weighted by Gasteiger charge is 2.68. The standard InChI is InChI=1S/4C17H19NO3.H2O4S/c4*1-18-7-6-17-10-3-5-13(20)16(17)21-15-12(19)4-2-9(14(15)17)8-11(10)18;1-5(2,3)4/h4*2-5,10-11,13,16,19-20H,6-8H2,1H3;(H2,1,2,3,4)/t4*10-,11+,13-,16-,17-;/m0000./s1. The maximum atomic E-state index is 10.4. The largest absolute Gasteiger partial charge is 0.504 e. The number of aliphatic hydroxyl groups is 4. The third-order valence-corrected chi connectivity index (χ3v) is 24.6. The molecule has 20 atom stereocenters. The van der Waals surface area contributed by atoms with Gasteiger partial charge in [0.15, 0.2) is 46.0 Å². The summed E-state index contributed by atoms with van der Waals surface area (Å²) >= 11 is 0. The van der Waals surface area contributed by atoms with Gasteiger partial charge in [0, 0.05) is 91.8 Å². The van der Waals surface area contributed by atoms with Crippen molar-refractivity contribution < 1.29 is 77.3 Å². The molecule has 4 saturated heterocycles. The summed E-state index contributed by atoms with van der Waals surface area (Å²) in [5.74, 6) is 4.76. The molecular formula is C68H78N4O16S. The molecule has 0 amide bonds. The van der Waals surface area contributed by atoms with Crippen LogP contribution in [0.15, 0.2) is 97.1 Å². The number of benzene rings is 4. The fourth-order valence-electron chi connectivity index (χ4n) is 21.0. The van der Waals surface area contributed by atoms with E-state index >= 15 is 0 Å². The van der Waals surface area contributed by atoms with Gasteiger partial charge in [0.25, 0.3) is 0 Å². The first-order valence-corrected chi connectivity index (χ1v) is 32.9. The van der Waals surface area contributed by atoms with E-state index in [0.717, 1.165) is 77.5 Å². The first-order chi connectivity index (χ1) is 42.5. The topological polar surface area (TPSA) is 286 Å². The lowest BCUT2D eigenvalue weighted by atomic mass is 9.53. The zero-order valence-corrected chi connectivity index (χ0v) is 50.9. The number of rotatable bonds is 0. The Bertz CT molecular complexity index is 3410. The zero-order valence-electron chi connectivity index (χ0n) is 50.1. The first kappa shape index (κ1) is 57.9. The van der Waals surface area contributed by atoms with Crippen LogP contribution in [0.3, 0.4) is 0 Å². The molecule has 20 nitrogen and oxygen atoms in total. The highest BCUT2D eigenvalue weighted by Crippen LogP contribution is 2.67. The van der Waals surface area contributed by atoms with Crippen LogP contribution >= 0.6 is 0 Å². The molecule has 8 heterocycles. The maximum Gasteiger partial charge on any atom is 0.394 e. The maximum absolute atomic E-state index is 10.4. The molecule has 4 aromatic carbocycles. The Kier molecular flexibility index (Phi) is 12.9. The number of piperidine rings is 4. The van der Waals surface area contributed by atoms with Gasteiger partial charge in [-0.3, -0.25) is 9.11 Å². The molecule has 0 saturated carbocycles. The fraction of sp³-hybridized carbons (Fsp3) is 0.529. The second-order valence-corrected chi connectivity index (χ2v) is 29.1. The summed E-state index contributed by atoms with van der Waals surface area (Å²) < 4.78 is 55.9. The summed E-state index contributed by atoms with van der Waals surface area (Å²) in [6, 6.07) is 16.9. The molecule has 10 N–H and O–H groups in total. The van der Waals surface area contributed by atoms with Gasteiger partial charge in [0.05, 0.1) is 0 Å². The summed E-state index contributed by atoms with van der Waals surface area (Å²) in [4.78, 5) is 9.73. The van der Waals surface area contributed by atoms with E-state index in [1.165, 1.54) is 44.5 Å². The molecule has 472 valence electrons. The molecule has 20 rings (SSSR count). The van der Waals surface area contributed by atoms with E-state index < -0.39 is 34.8 Å². The number of phenolic OH excluding ortho intramolecular Hbond substituents is 4. The van der Waals surface area contributed by atoms with Crippen molar-refractivity contribution >= 4 is 10.4 Å². The van der Waals surface area contributed by atoms with E-state index in [4.69, 9.17) is 36.5 Å². The second kappa shape index (κ2) is 19.9. The van der Waals surface area contributed by atoms with Gasteiger partial charge in [-0.1, -0.05) is 72.9 Å². The van der Waals surface area contributed by atoms with Gasteiger partial charge in [0.2, 0.25) is 0 Å². The summed E-state index contributed by atoms with van der Waals surface area (Å²) in [5, 5.41) is 82.6. The van der Waals surface area contributed by atoms with Crippen LogP contribution in [-0.4, -0.2) is 205 Å². The Hall–Kier alpha value is -6.21. The molecule has 4 aromatic rings. The smallest absolute Gasteiger partial charge is 0.394 e. The third kappa shape index (κ3) is 7.84. The van der Waals surface area contributed by atoms with E-state index in [-0.39, 0.29) is 69.1 Å². The quantitative estimate of drug-likeness (QED) is 0.0875. The third-order valence-electron chi connectivity index (χ3n) is 24.6.